The number of hydrogen-bond acceptors (Lipinski definition) is 5. The van der Waals surface area contributed by atoms with Gasteiger partial charge < -0.3 is 5.32 Å². The topological polar surface area (TPSA) is 55.6 Å². The molecule has 20 heavy (non-hydrogen) atoms. The van der Waals surface area contributed by atoms with E-state index in [-0.39, 0.29) is 0 Å². The zero-order valence-corrected chi connectivity index (χ0v) is 13.1. The number of hydrogen-bond donors (Lipinski definition) is 1. The van der Waals surface area contributed by atoms with E-state index in [2.05, 4.69) is 32.6 Å². The highest BCUT2D eigenvalue weighted by molar-refractivity contribution is 7.99. The molecule has 2 unspecified atom stereocenters. The Morgan fingerprint density at radius 1 is 1.20 bits per heavy atom. The molecule has 1 aromatic heterocycles. The second kappa shape index (κ2) is 6.89. The first kappa shape index (κ1) is 14.3. The van der Waals surface area contributed by atoms with E-state index in [1.165, 1.54) is 51.4 Å². The third-order valence-electron chi connectivity index (χ3n) is 4.88. The van der Waals surface area contributed by atoms with Gasteiger partial charge in [0.05, 0.1) is 6.04 Å². The van der Waals surface area contributed by atoms with E-state index in [1.54, 1.807) is 0 Å². The zero-order valence-electron chi connectivity index (χ0n) is 12.3. The van der Waals surface area contributed by atoms with Crippen LogP contribution in [-0.2, 0) is 0 Å². The Balaban J connectivity index is 1.50. The molecule has 5 nitrogen and oxygen atoms in total. The molecule has 6 heteroatoms. The van der Waals surface area contributed by atoms with Gasteiger partial charge in [0.15, 0.2) is 0 Å². The van der Waals surface area contributed by atoms with Crippen molar-refractivity contribution in [1.82, 2.24) is 25.5 Å². The molecule has 2 atom stereocenters. The van der Waals surface area contributed by atoms with Crippen LogP contribution in [0.1, 0.15) is 57.4 Å². The Hall–Kier alpha value is -0.620. The standard InChI is InChI=1S/C14H25N5S/c1-15-13-8-4-5-11(13)9-10-20-14-16-17-18-19(14)12-6-2-3-7-12/h11-13,15H,2-10H2,1H3. The van der Waals surface area contributed by atoms with Crippen LogP contribution in [0, 0.1) is 5.92 Å². The van der Waals surface area contributed by atoms with Crippen molar-refractivity contribution in [3.8, 4) is 0 Å². The Bertz CT molecular complexity index is 415. The first-order chi connectivity index (χ1) is 9.88. The van der Waals surface area contributed by atoms with E-state index in [4.69, 9.17) is 0 Å². The lowest BCUT2D eigenvalue weighted by Crippen LogP contribution is -2.29. The van der Waals surface area contributed by atoms with Gasteiger partial charge in [0.1, 0.15) is 0 Å². The fourth-order valence-electron chi connectivity index (χ4n) is 3.72. The van der Waals surface area contributed by atoms with Crippen LogP contribution >= 0.6 is 11.8 Å². The summed E-state index contributed by atoms with van der Waals surface area (Å²) < 4.78 is 2.07. The van der Waals surface area contributed by atoms with Crippen molar-refractivity contribution in [2.24, 2.45) is 5.92 Å². The maximum absolute atomic E-state index is 4.21. The predicted octanol–water partition coefficient (Wildman–Crippen LogP) is 2.66. The van der Waals surface area contributed by atoms with Crippen LogP contribution < -0.4 is 5.32 Å². The van der Waals surface area contributed by atoms with Crippen LogP contribution in [0.5, 0.6) is 0 Å². The minimum atomic E-state index is 0.545. The molecule has 1 aromatic rings. The number of tetrazole rings is 1. The highest BCUT2D eigenvalue weighted by Crippen LogP contribution is 2.33. The summed E-state index contributed by atoms with van der Waals surface area (Å²) in [5.74, 6) is 1.97. The van der Waals surface area contributed by atoms with Gasteiger partial charge in [0.25, 0.3) is 0 Å². The molecule has 0 saturated heterocycles. The van der Waals surface area contributed by atoms with Crippen molar-refractivity contribution in [3.05, 3.63) is 0 Å². The summed E-state index contributed by atoms with van der Waals surface area (Å²) in [6.07, 6.45) is 10.5. The second-order valence-corrected chi connectivity index (χ2v) is 7.13. The smallest absolute Gasteiger partial charge is 0.209 e. The summed E-state index contributed by atoms with van der Waals surface area (Å²) in [5.41, 5.74) is 0. The Kier molecular flexibility index (Phi) is 4.94. The van der Waals surface area contributed by atoms with Crippen molar-refractivity contribution in [3.63, 3.8) is 0 Å². The molecular formula is C14H25N5S. The average molecular weight is 295 g/mol. The van der Waals surface area contributed by atoms with Crippen molar-refractivity contribution < 1.29 is 0 Å². The molecule has 2 aliphatic carbocycles. The minimum absolute atomic E-state index is 0.545. The SMILES string of the molecule is CNC1CCCC1CCSc1nnnn1C1CCCC1. The molecule has 1 heterocycles. The van der Waals surface area contributed by atoms with Gasteiger partial charge in [-0.2, -0.15) is 0 Å². The van der Waals surface area contributed by atoms with E-state index >= 15 is 0 Å². The van der Waals surface area contributed by atoms with Crippen LogP contribution in [0.3, 0.4) is 0 Å². The zero-order chi connectivity index (χ0) is 13.8. The highest BCUT2D eigenvalue weighted by atomic mass is 32.2. The maximum Gasteiger partial charge on any atom is 0.209 e. The molecule has 2 saturated carbocycles. The first-order valence-corrected chi connectivity index (χ1v) is 8.95. The first-order valence-electron chi connectivity index (χ1n) is 7.96. The van der Waals surface area contributed by atoms with Crippen molar-refractivity contribution in [2.75, 3.05) is 12.8 Å². The molecule has 2 aliphatic rings. The monoisotopic (exact) mass is 295 g/mol. The van der Waals surface area contributed by atoms with Gasteiger partial charge in [-0.25, -0.2) is 4.68 Å². The van der Waals surface area contributed by atoms with Crippen LogP contribution in [0.25, 0.3) is 0 Å². The number of aromatic nitrogens is 4. The molecule has 0 aromatic carbocycles. The molecule has 112 valence electrons. The van der Waals surface area contributed by atoms with Gasteiger partial charge in [-0.1, -0.05) is 31.0 Å². The van der Waals surface area contributed by atoms with E-state index in [0.717, 1.165) is 22.9 Å². The number of rotatable bonds is 6. The van der Waals surface area contributed by atoms with Crippen LogP contribution in [0.2, 0.25) is 0 Å². The van der Waals surface area contributed by atoms with Gasteiger partial charge in [0, 0.05) is 11.8 Å². The Labute approximate surface area is 125 Å². The summed E-state index contributed by atoms with van der Waals surface area (Å²) in [6.45, 7) is 0. The molecule has 0 bridgehead atoms. The molecule has 1 N–H and O–H groups in total. The molecule has 0 spiro atoms. The van der Waals surface area contributed by atoms with Crippen LogP contribution in [0.4, 0.5) is 0 Å². The Morgan fingerprint density at radius 3 is 2.85 bits per heavy atom. The van der Waals surface area contributed by atoms with Gasteiger partial charge in [-0.3, -0.25) is 0 Å². The molecule has 0 aliphatic heterocycles. The quantitative estimate of drug-likeness (QED) is 0.818. The van der Waals surface area contributed by atoms with Crippen molar-refractivity contribution in [1.29, 1.82) is 0 Å². The van der Waals surface area contributed by atoms with Gasteiger partial charge in [0.2, 0.25) is 5.16 Å². The van der Waals surface area contributed by atoms with E-state index in [9.17, 15) is 0 Å². The fourth-order valence-corrected chi connectivity index (χ4v) is 4.74. The van der Waals surface area contributed by atoms with Crippen molar-refractivity contribution >= 4 is 11.8 Å². The van der Waals surface area contributed by atoms with Crippen molar-refractivity contribution in [2.45, 2.75) is 68.6 Å². The number of thioether (sulfide) groups is 1. The van der Waals surface area contributed by atoms with Crippen LogP contribution in [-0.4, -0.2) is 39.0 Å². The molecule has 2 fully saturated rings. The summed E-state index contributed by atoms with van der Waals surface area (Å²) in [5, 5.41) is 16.8. The number of nitrogens with zero attached hydrogens (tertiary/aromatic N) is 4. The average Bonchev–Trinajstić information content (AvgIpc) is 3.20. The summed E-state index contributed by atoms with van der Waals surface area (Å²) in [7, 11) is 2.09. The Morgan fingerprint density at radius 2 is 2.05 bits per heavy atom. The van der Waals surface area contributed by atoms with E-state index < -0.39 is 0 Å². The third-order valence-corrected chi connectivity index (χ3v) is 5.85. The fraction of sp³-hybridized carbons (Fsp3) is 0.929. The lowest BCUT2D eigenvalue weighted by molar-refractivity contribution is 0.414. The second-order valence-electron chi connectivity index (χ2n) is 6.07. The molecule has 3 rings (SSSR count). The minimum Gasteiger partial charge on any atom is -0.317 e. The predicted molar refractivity (Wildman–Crippen MR) is 80.9 cm³/mol. The largest absolute Gasteiger partial charge is 0.317 e. The van der Waals surface area contributed by atoms with Gasteiger partial charge in [-0.05, 0) is 55.5 Å². The highest BCUT2D eigenvalue weighted by Gasteiger charge is 2.26. The van der Waals surface area contributed by atoms with Crippen LogP contribution in [0.15, 0.2) is 5.16 Å². The molecular weight excluding hydrogens is 270 g/mol. The molecule has 0 amide bonds. The third kappa shape index (κ3) is 3.17. The van der Waals surface area contributed by atoms with E-state index in [0.29, 0.717) is 6.04 Å². The van der Waals surface area contributed by atoms with E-state index in [1.807, 2.05) is 11.8 Å². The number of nitrogens with one attached hydrogen (secondary N) is 1. The lowest BCUT2D eigenvalue weighted by Gasteiger charge is -2.18. The summed E-state index contributed by atoms with van der Waals surface area (Å²) in [4.78, 5) is 0. The summed E-state index contributed by atoms with van der Waals surface area (Å²) >= 11 is 1.84. The normalized spacial score (nSPS) is 27.4. The maximum atomic E-state index is 4.21. The molecule has 0 radical (unpaired) electrons. The summed E-state index contributed by atoms with van der Waals surface area (Å²) in [6, 6.07) is 1.27. The lowest BCUT2D eigenvalue weighted by atomic mass is 10.0. The van der Waals surface area contributed by atoms with Gasteiger partial charge in [-0.15, -0.1) is 5.10 Å². The van der Waals surface area contributed by atoms with Gasteiger partial charge >= 0.3 is 0 Å².